The van der Waals surface area contributed by atoms with Crippen molar-refractivity contribution in [1.82, 2.24) is 0 Å². The van der Waals surface area contributed by atoms with Gasteiger partial charge in [-0.15, -0.1) is 0 Å². The van der Waals surface area contributed by atoms with Gasteiger partial charge in [0.2, 0.25) is 0 Å². The number of hydrogen-bond donors (Lipinski definition) is 0. The lowest BCUT2D eigenvalue weighted by Gasteiger charge is -2.14. The van der Waals surface area contributed by atoms with Gasteiger partial charge in [0.1, 0.15) is 4.90 Å². The van der Waals surface area contributed by atoms with E-state index < -0.39 is 10.1 Å². The number of ether oxygens (including phenoxy) is 1. The lowest BCUT2D eigenvalue weighted by molar-refractivity contribution is 0.327. The Bertz CT molecular complexity index is 858. The van der Waals surface area contributed by atoms with E-state index in [0.717, 1.165) is 4.47 Å². The van der Waals surface area contributed by atoms with Gasteiger partial charge >= 0.3 is 10.1 Å². The maximum atomic E-state index is 12.4. The summed E-state index contributed by atoms with van der Waals surface area (Å²) >= 11 is 6.46. The Morgan fingerprint density at radius 2 is 1.83 bits per heavy atom. The second kappa shape index (κ2) is 7.34. The number of nitriles is 1. The molecule has 0 spiro atoms. The van der Waals surface area contributed by atoms with Crippen LogP contribution in [0, 0.1) is 11.3 Å². The van der Waals surface area contributed by atoms with Gasteiger partial charge in [0.05, 0.1) is 22.7 Å². The number of hydrogen-bond acceptors (Lipinski definition) is 5. The molecular formula is C15H11Br2NO4S. The first-order valence-corrected chi connectivity index (χ1v) is 9.43. The van der Waals surface area contributed by atoms with Gasteiger partial charge < -0.3 is 8.92 Å². The molecular weight excluding hydrogens is 450 g/mol. The van der Waals surface area contributed by atoms with E-state index in [1.54, 1.807) is 19.1 Å². The number of rotatable bonds is 5. The molecule has 0 atom stereocenters. The van der Waals surface area contributed by atoms with Crippen molar-refractivity contribution in [3.05, 3.63) is 50.9 Å². The Kier molecular flexibility index (Phi) is 5.68. The maximum absolute atomic E-state index is 12.4. The molecule has 0 aliphatic carbocycles. The molecule has 0 aromatic heterocycles. The first kappa shape index (κ1) is 17.8. The molecule has 0 aliphatic heterocycles. The summed E-state index contributed by atoms with van der Waals surface area (Å²) in [6.07, 6.45) is 0. The highest BCUT2D eigenvalue weighted by Gasteiger charge is 2.22. The lowest BCUT2D eigenvalue weighted by atomic mass is 10.2. The van der Waals surface area contributed by atoms with Crippen molar-refractivity contribution >= 4 is 42.0 Å². The highest BCUT2D eigenvalue weighted by atomic mass is 79.9. The molecule has 2 rings (SSSR count). The standard InChI is InChI=1S/C15H11Br2NO4S/c1-2-21-14-8-10(9-18)7-13(17)15(14)22-23(19,20)12-5-3-11(16)4-6-12/h3-8H,2H2,1H3. The third kappa shape index (κ3) is 4.25. The van der Waals surface area contributed by atoms with Crippen molar-refractivity contribution in [2.75, 3.05) is 6.61 Å². The quantitative estimate of drug-likeness (QED) is 0.623. The summed E-state index contributed by atoms with van der Waals surface area (Å²) in [6, 6.07) is 10.9. The Hall–Kier alpha value is -1.56. The summed E-state index contributed by atoms with van der Waals surface area (Å²) < 4.78 is 36.5. The molecule has 0 bridgehead atoms. The second-order valence-corrected chi connectivity index (χ2v) is 7.64. The molecule has 0 fully saturated rings. The van der Waals surface area contributed by atoms with Gasteiger partial charge in [0.25, 0.3) is 0 Å². The van der Waals surface area contributed by atoms with Crippen LogP contribution in [0.2, 0.25) is 0 Å². The van der Waals surface area contributed by atoms with Crippen LogP contribution in [0.3, 0.4) is 0 Å². The van der Waals surface area contributed by atoms with Crippen molar-refractivity contribution < 1.29 is 17.3 Å². The van der Waals surface area contributed by atoms with E-state index in [4.69, 9.17) is 14.2 Å². The average Bonchev–Trinajstić information content (AvgIpc) is 2.51. The van der Waals surface area contributed by atoms with Crippen LogP contribution in [0.25, 0.3) is 0 Å². The molecule has 2 aromatic rings. The molecule has 0 radical (unpaired) electrons. The molecule has 8 heteroatoms. The number of nitrogens with zero attached hydrogens (tertiary/aromatic N) is 1. The van der Waals surface area contributed by atoms with E-state index in [2.05, 4.69) is 31.9 Å². The summed E-state index contributed by atoms with van der Waals surface area (Å²) in [5.41, 5.74) is 0.328. The molecule has 120 valence electrons. The summed E-state index contributed by atoms with van der Waals surface area (Å²) in [4.78, 5) is 0.0133. The Morgan fingerprint density at radius 1 is 1.17 bits per heavy atom. The minimum Gasteiger partial charge on any atom is -0.490 e. The van der Waals surface area contributed by atoms with Gasteiger partial charge in [-0.25, -0.2) is 0 Å². The zero-order chi connectivity index (χ0) is 17.0. The summed E-state index contributed by atoms with van der Waals surface area (Å²) in [6.45, 7) is 2.05. The molecule has 0 aliphatic rings. The SMILES string of the molecule is CCOc1cc(C#N)cc(Br)c1OS(=O)(=O)c1ccc(Br)cc1. The van der Waals surface area contributed by atoms with Crippen molar-refractivity contribution in [2.24, 2.45) is 0 Å². The molecule has 23 heavy (non-hydrogen) atoms. The largest absolute Gasteiger partial charge is 0.490 e. The van der Waals surface area contributed by atoms with E-state index in [1.165, 1.54) is 24.3 Å². The Morgan fingerprint density at radius 3 is 2.39 bits per heavy atom. The predicted octanol–water partition coefficient (Wildman–Crippen LogP) is 4.25. The fraction of sp³-hybridized carbons (Fsp3) is 0.133. The minimum atomic E-state index is -4.03. The summed E-state index contributed by atoms with van der Waals surface area (Å²) in [7, 11) is -4.03. The summed E-state index contributed by atoms with van der Waals surface area (Å²) in [5, 5.41) is 8.99. The van der Waals surface area contributed by atoms with Gasteiger partial charge in [-0.05, 0) is 53.2 Å². The fourth-order valence-electron chi connectivity index (χ4n) is 1.74. The molecule has 0 amide bonds. The van der Waals surface area contributed by atoms with Gasteiger partial charge in [0.15, 0.2) is 11.5 Å². The normalized spacial score (nSPS) is 10.9. The first-order valence-electron chi connectivity index (χ1n) is 6.44. The van der Waals surface area contributed by atoms with Crippen LogP contribution in [0.4, 0.5) is 0 Å². The molecule has 0 unspecified atom stereocenters. The van der Waals surface area contributed by atoms with Crippen LogP contribution in [0.1, 0.15) is 12.5 Å². The zero-order valence-electron chi connectivity index (χ0n) is 11.9. The van der Waals surface area contributed by atoms with Gasteiger partial charge in [-0.3, -0.25) is 0 Å². The molecule has 0 saturated carbocycles. The molecule has 0 heterocycles. The van der Waals surface area contributed by atoms with E-state index in [9.17, 15) is 8.42 Å². The molecule has 0 saturated heterocycles. The average molecular weight is 461 g/mol. The van der Waals surface area contributed by atoms with Crippen LogP contribution >= 0.6 is 31.9 Å². The van der Waals surface area contributed by atoms with Crippen molar-refractivity contribution in [2.45, 2.75) is 11.8 Å². The van der Waals surface area contributed by atoms with Crippen molar-refractivity contribution in [3.63, 3.8) is 0 Å². The fourth-order valence-corrected chi connectivity index (χ4v) is 3.59. The second-order valence-electron chi connectivity index (χ2n) is 4.32. The molecule has 5 nitrogen and oxygen atoms in total. The van der Waals surface area contributed by atoms with Crippen LogP contribution in [-0.4, -0.2) is 15.0 Å². The minimum absolute atomic E-state index is 0.00812. The van der Waals surface area contributed by atoms with Crippen LogP contribution in [-0.2, 0) is 10.1 Å². The van der Waals surface area contributed by atoms with Crippen LogP contribution < -0.4 is 8.92 Å². The van der Waals surface area contributed by atoms with E-state index >= 15 is 0 Å². The van der Waals surface area contributed by atoms with Gasteiger partial charge in [-0.1, -0.05) is 15.9 Å². The van der Waals surface area contributed by atoms with Crippen LogP contribution in [0.15, 0.2) is 50.2 Å². The van der Waals surface area contributed by atoms with Crippen molar-refractivity contribution in [3.8, 4) is 17.6 Å². The molecule has 2 aromatic carbocycles. The Labute approximate surface area is 151 Å². The lowest BCUT2D eigenvalue weighted by Crippen LogP contribution is -2.11. The predicted molar refractivity (Wildman–Crippen MR) is 92.0 cm³/mol. The van der Waals surface area contributed by atoms with E-state index in [1.807, 2.05) is 6.07 Å². The number of halogens is 2. The zero-order valence-corrected chi connectivity index (χ0v) is 15.9. The number of benzene rings is 2. The Balaban J connectivity index is 2.46. The van der Waals surface area contributed by atoms with Gasteiger partial charge in [-0.2, -0.15) is 13.7 Å². The van der Waals surface area contributed by atoms with E-state index in [0.29, 0.717) is 16.6 Å². The third-order valence-electron chi connectivity index (χ3n) is 2.73. The monoisotopic (exact) mass is 459 g/mol. The third-order valence-corrected chi connectivity index (χ3v) is 5.09. The van der Waals surface area contributed by atoms with Crippen molar-refractivity contribution in [1.29, 1.82) is 5.26 Å². The van der Waals surface area contributed by atoms with E-state index in [-0.39, 0.29) is 16.4 Å². The maximum Gasteiger partial charge on any atom is 0.339 e. The van der Waals surface area contributed by atoms with Gasteiger partial charge in [0, 0.05) is 10.5 Å². The highest BCUT2D eigenvalue weighted by Crippen LogP contribution is 2.38. The summed E-state index contributed by atoms with van der Waals surface area (Å²) in [5.74, 6) is 0.188. The van der Waals surface area contributed by atoms with Crippen LogP contribution in [0.5, 0.6) is 11.5 Å². The topological polar surface area (TPSA) is 76.4 Å². The highest BCUT2D eigenvalue weighted by molar-refractivity contribution is 9.10. The first-order chi connectivity index (χ1) is 10.9. The smallest absolute Gasteiger partial charge is 0.339 e. The molecule has 0 N–H and O–H groups in total.